The first-order valence-electron chi connectivity index (χ1n) is 9.16. The molecule has 0 aliphatic heterocycles. The van der Waals surface area contributed by atoms with Crippen LogP contribution in [0.15, 0.2) is 79.1 Å². The lowest BCUT2D eigenvalue weighted by atomic mass is 10.0. The molecule has 0 saturated carbocycles. The summed E-state index contributed by atoms with van der Waals surface area (Å²) in [7, 11) is 0. The maximum atomic E-state index is 13.0. The summed E-state index contributed by atoms with van der Waals surface area (Å²) in [5.74, 6) is -0.520. The van der Waals surface area contributed by atoms with Gasteiger partial charge in [0.2, 0.25) is 5.91 Å². The normalized spacial score (nSPS) is 10.5. The molecule has 3 rings (SSSR count). The van der Waals surface area contributed by atoms with Crippen molar-refractivity contribution in [1.29, 1.82) is 0 Å². The molecule has 2 aromatic carbocycles. The Labute approximate surface area is 163 Å². The summed E-state index contributed by atoms with van der Waals surface area (Å²) >= 11 is 0. The number of anilines is 1. The molecule has 1 amide bonds. The third kappa shape index (κ3) is 5.33. The average molecular weight is 376 g/mol. The van der Waals surface area contributed by atoms with Crippen LogP contribution in [0, 0.1) is 5.82 Å². The fourth-order valence-electron chi connectivity index (χ4n) is 2.92. The minimum atomic E-state index is -0.374. The summed E-state index contributed by atoms with van der Waals surface area (Å²) in [6.45, 7) is 0.419. The van der Waals surface area contributed by atoms with E-state index in [1.165, 1.54) is 24.3 Å². The maximum Gasteiger partial charge on any atom is 0.227 e. The van der Waals surface area contributed by atoms with Crippen molar-refractivity contribution < 1.29 is 14.0 Å². The van der Waals surface area contributed by atoms with Crippen LogP contribution in [-0.4, -0.2) is 16.7 Å². The number of hydrogen-bond acceptors (Lipinski definition) is 3. The highest BCUT2D eigenvalue weighted by atomic mass is 19.1. The largest absolute Gasteiger partial charge is 0.308 e. The van der Waals surface area contributed by atoms with Crippen LogP contribution in [0.4, 0.5) is 10.1 Å². The van der Waals surface area contributed by atoms with Gasteiger partial charge in [-0.15, -0.1) is 0 Å². The van der Waals surface area contributed by atoms with Gasteiger partial charge in [-0.3, -0.25) is 14.6 Å². The molecule has 0 atom stereocenters. The Bertz CT molecular complexity index is 912. The molecule has 0 bridgehead atoms. The Morgan fingerprint density at radius 2 is 1.64 bits per heavy atom. The van der Waals surface area contributed by atoms with E-state index in [4.69, 9.17) is 0 Å². The number of hydrogen-bond donors (Lipinski definition) is 0. The number of rotatable bonds is 8. The molecule has 5 heteroatoms. The number of aromatic nitrogens is 1. The van der Waals surface area contributed by atoms with Gasteiger partial charge in [0.05, 0.1) is 6.54 Å². The van der Waals surface area contributed by atoms with Crippen molar-refractivity contribution in [2.75, 3.05) is 4.90 Å². The van der Waals surface area contributed by atoms with Crippen LogP contribution in [0.2, 0.25) is 0 Å². The van der Waals surface area contributed by atoms with Gasteiger partial charge in [0, 0.05) is 36.5 Å². The Hall–Kier alpha value is -3.34. The van der Waals surface area contributed by atoms with Crippen molar-refractivity contribution >= 4 is 17.4 Å². The van der Waals surface area contributed by atoms with Crippen molar-refractivity contribution in [1.82, 2.24) is 4.98 Å². The number of amides is 1. The van der Waals surface area contributed by atoms with Gasteiger partial charge in [-0.25, -0.2) is 4.39 Å². The van der Waals surface area contributed by atoms with Crippen LogP contribution in [0.3, 0.4) is 0 Å². The number of para-hydroxylation sites is 1. The predicted molar refractivity (Wildman–Crippen MR) is 106 cm³/mol. The Kier molecular flexibility index (Phi) is 6.63. The molecule has 28 heavy (non-hydrogen) atoms. The van der Waals surface area contributed by atoms with Crippen LogP contribution in [0.5, 0.6) is 0 Å². The maximum absolute atomic E-state index is 13.0. The third-order valence-electron chi connectivity index (χ3n) is 4.39. The fourth-order valence-corrected chi connectivity index (χ4v) is 2.92. The van der Waals surface area contributed by atoms with E-state index in [9.17, 15) is 14.0 Å². The quantitative estimate of drug-likeness (QED) is 0.530. The standard InChI is InChI=1S/C23H21FN2O2/c24-20-13-11-19(12-14-20)22(27)9-4-10-23(28)26(21-7-2-1-3-8-21)17-18-6-5-15-25-16-18/h1-3,5-8,11-16H,4,9-10,17H2. The highest BCUT2D eigenvalue weighted by Crippen LogP contribution is 2.19. The minimum Gasteiger partial charge on any atom is -0.308 e. The van der Waals surface area contributed by atoms with E-state index in [2.05, 4.69) is 4.98 Å². The average Bonchev–Trinajstić information content (AvgIpc) is 2.73. The van der Waals surface area contributed by atoms with Crippen molar-refractivity contribution in [2.45, 2.75) is 25.8 Å². The summed E-state index contributed by atoms with van der Waals surface area (Å²) in [4.78, 5) is 30.9. The van der Waals surface area contributed by atoms with Crippen LogP contribution < -0.4 is 4.90 Å². The first kappa shape index (κ1) is 19.4. The Balaban J connectivity index is 1.62. The molecule has 0 aliphatic carbocycles. The van der Waals surface area contributed by atoms with Crippen molar-refractivity contribution in [3.8, 4) is 0 Å². The number of carbonyl (C=O) groups excluding carboxylic acids is 2. The fraction of sp³-hybridized carbons (Fsp3) is 0.174. The molecular formula is C23H21FN2O2. The molecule has 1 aromatic heterocycles. The Morgan fingerprint density at radius 1 is 0.893 bits per heavy atom. The molecule has 0 aliphatic rings. The van der Waals surface area contributed by atoms with Gasteiger partial charge in [0.1, 0.15) is 5.82 Å². The molecule has 0 unspecified atom stereocenters. The number of Topliss-reactive ketones (excluding diaryl/α,β-unsaturated/α-hetero) is 1. The monoisotopic (exact) mass is 376 g/mol. The zero-order chi connectivity index (χ0) is 19.8. The third-order valence-corrected chi connectivity index (χ3v) is 4.39. The smallest absolute Gasteiger partial charge is 0.227 e. The highest BCUT2D eigenvalue weighted by Gasteiger charge is 2.17. The van der Waals surface area contributed by atoms with E-state index in [1.807, 2.05) is 42.5 Å². The van der Waals surface area contributed by atoms with Gasteiger partial charge in [0.25, 0.3) is 0 Å². The number of benzene rings is 2. The molecular weight excluding hydrogens is 355 g/mol. The second-order valence-corrected chi connectivity index (χ2v) is 6.46. The van der Waals surface area contributed by atoms with E-state index >= 15 is 0 Å². The van der Waals surface area contributed by atoms with Gasteiger partial charge in [-0.2, -0.15) is 0 Å². The van der Waals surface area contributed by atoms with E-state index < -0.39 is 0 Å². The highest BCUT2D eigenvalue weighted by molar-refractivity contribution is 5.97. The van der Waals surface area contributed by atoms with Crippen molar-refractivity contribution in [3.63, 3.8) is 0 Å². The number of ketones is 1. The summed E-state index contributed by atoms with van der Waals surface area (Å²) in [6.07, 6.45) is 4.36. The predicted octanol–water partition coefficient (Wildman–Crippen LogP) is 4.81. The van der Waals surface area contributed by atoms with Crippen molar-refractivity contribution in [2.24, 2.45) is 0 Å². The lowest BCUT2D eigenvalue weighted by molar-refractivity contribution is -0.118. The van der Waals surface area contributed by atoms with Crippen LogP contribution in [-0.2, 0) is 11.3 Å². The number of nitrogens with zero attached hydrogens (tertiary/aromatic N) is 2. The van der Waals surface area contributed by atoms with Crippen LogP contribution in [0.1, 0.15) is 35.2 Å². The zero-order valence-corrected chi connectivity index (χ0v) is 15.4. The Morgan fingerprint density at radius 3 is 2.32 bits per heavy atom. The van der Waals surface area contributed by atoms with E-state index in [-0.39, 0.29) is 30.3 Å². The molecule has 142 valence electrons. The van der Waals surface area contributed by atoms with Gasteiger partial charge in [-0.1, -0.05) is 24.3 Å². The van der Waals surface area contributed by atoms with Crippen molar-refractivity contribution in [3.05, 3.63) is 96.1 Å². The van der Waals surface area contributed by atoms with Gasteiger partial charge in [0.15, 0.2) is 5.78 Å². The van der Waals surface area contributed by atoms with Gasteiger partial charge in [-0.05, 0) is 54.4 Å². The minimum absolute atomic E-state index is 0.0537. The van der Waals surface area contributed by atoms with Crippen LogP contribution in [0.25, 0.3) is 0 Å². The molecule has 0 N–H and O–H groups in total. The summed E-state index contributed by atoms with van der Waals surface area (Å²) in [5.41, 5.74) is 2.20. The SMILES string of the molecule is O=C(CCCC(=O)N(Cc1cccnc1)c1ccccc1)c1ccc(F)cc1. The number of halogens is 1. The van der Waals surface area contributed by atoms with E-state index in [0.717, 1.165) is 11.3 Å². The number of pyridine rings is 1. The van der Waals surface area contributed by atoms with E-state index in [1.54, 1.807) is 17.3 Å². The molecule has 0 saturated heterocycles. The van der Waals surface area contributed by atoms with Gasteiger partial charge < -0.3 is 4.90 Å². The molecule has 0 fully saturated rings. The van der Waals surface area contributed by atoms with E-state index in [0.29, 0.717) is 18.5 Å². The molecule has 4 nitrogen and oxygen atoms in total. The molecule has 1 heterocycles. The summed E-state index contributed by atoms with van der Waals surface area (Å²) in [6, 6.07) is 18.7. The van der Waals surface area contributed by atoms with Gasteiger partial charge >= 0.3 is 0 Å². The lowest BCUT2D eigenvalue weighted by Crippen LogP contribution is -2.30. The molecule has 3 aromatic rings. The second-order valence-electron chi connectivity index (χ2n) is 6.46. The van der Waals surface area contributed by atoms with Crippen LogP contribution >= 0.6 is 0 Å². The first-order chi connectivity index (χ1) is 13.6. The first-order valence-corrected chi connectivity index (χ1v) is 9.16. The topological polar surface area (TPSA) is 50.3 Å². The lowest BCUT2D eigenvalue weighted by Gasteiger charge is -2.23. The number of carbonyl (C=O) groups is 2. The molecule has 0 radical (unpaired) electrons. The zero-order valence-electron chi connectivity index (χ0n) is 15.4. The summed E-state index contributed by atoms with van der Waals surface area (Å²) in [5, 5.41) is 0. The summed E-state index contributed by atoms with van der Waals surface area (Å²) < 4.78 is 13.0. The molecule has 0 spiro atoms. The second kappa shape index (κ2) is 9.55.